The van der Waals surface area contributed by atoms with Crippen LogP contribution in [-0.4, -0.2) is 25.4 Å². The summed E-state index contributed by atoms with van der Waals surface area (Å²) >= 11 is 0. The fourth-order valence-electron chi connectivity index (χ4n) is 2.78. The molecule has 0 aliphatic carbocycles. The third-order valence-corrected chi connectivity index (χ3v) is 4.09. The van der Waals surface area contributed by atoms with Crippen LogP contribution in [0.5, 0.6) is 0 Å². The largest absolute Gasteiger partial charge is 0.476 e. The summed E-state index contributed by atoms with van der Waals surface area (Å²) in [6, 6.07) is 11.5. The van der Waals surface area contributed by atoms with Gasteiger partial charge in [-0.1, -0.05) is 18.2 Å². The van der Waals surface area contributed by atoms with E-state index >= 15 is 0 Å². The summed E-state index contributed by atoms with van der Waals surface area (Å²) in [5, 5.41) is 9.11. The smallest absolute Gasteiger partial charge is 0.420 e. The standard InChI is InChI=1S/C17H8F4N2O2.C5H5N/c1-2-13-14(16(24)25)22-15-12(17(19,20)21)7-10(8-23(13)15)9-4-3-5-11(18)6-9;1-2-4-6-5-3-1/h1,3-8H,(H,24,25);1-5H. The maximum absolute atomic E-state index is 13.4. The Morgan fingerprint density at radius 2 is 1.77 bits per heavy atom. The number of carboxylic acids is 1. The van der Waals surface area contributed by atoms with Gasteiger partial charge in [0.2, 0.25) is 0 Å². The highest BCUT2D eigenvalue weighted by Gasteiger charge is 2.36. The van der Waals surface area contributed by atoms with Gasteiger partial charge in [-0.15, -0.1) is 6.42 Å². The minimum Gasteiger partial charge on any atom is -0.476 e. The topological polar surface area (TPSA) is 67.5 Å². The molecule has 0 aliphatic heterocycles. The van der Waals surface area contributed by atoms with E-state index in [9.17, 15) is 22.4 Å². The molecule has 0 aliphatic rings. The third kappa shape index (κ3) is 4.70. The predicted molar refractivity (Wildman–Crippen MR) is 105 cm³/mol. The van der Waals surface area contributed by atoms with Gasteiger partial charge in [-0.25, -0.2) is 14.2 Å². The number of hydrogen-bond donors (Lipinski definition) is 1. The van der Waals surface area contributed by atoms with E-state index in [1.165, 1.54) is 18.3 Å². The van der Waals surface area contributed by atoms with Crippen LogP contribution in [0.1, 0.15) is 21.7 Å². The molecule has 0 amide bonds. The van der Waals surface area contributed by atoms with Gasteiger partial charge < -0.3 is 5.11 Å². The number of benzene rings is 1. The lowest BCUT2D eigenvalue weighted by Crippen LogP contribution is -2.08. The van der Waals surface area contributed by atoms with Crippen LogP contribution in [0.15, 0.2) is 67.1 Å². The summed E-state index contributed by atoms with van der Waals surface area (Å²) in [5.74, 6) is -0.122. The minimum atomic E-state index is -4.81. The Bertz CT molecular complexity index is 1250. The van der Waals surface area contributed by atoms with Gasteiger partial charge in [-0.2, -0.15) is 13.2 Å². The molecule has 9 heteroatoms. The van der Waals surface area contributed by atoms with E-state index in [-0.39, 0.29) is 16.8 Å². The van der Waals surface area contributed by atoms with Crippen molar-refractivity contribution in [1.29, 1.82) is 0 Å². The molecule has 0 radical (unpaired) electrons. The van der Waals surface area contributed by atoms with Crippen molar-refractivity contribution in [2.75, 3.05) is 0 Å². The molecule has 0 unspecified atom stereocenters. The summed E-state index contributed by atoms with van der Waals surface area (Å²) in [6.07, 6.45) is 5.15. The number of carbonyl (C=O) groups is 1. The average molecular weight is 427 g/mol. The summed E-state index contributed by atoms with van der Waals surface area (Å²) in [4.78, 5) is 18.5. The summed E-state index contributed by atoms with van der Waals surface area (Å²) in [7, 11) is 0. The monoisotopic (exact) mass is 427 g/mol. The maximum atomic E-state index is 13.4. The number of halogens is 4. The number of fused-ring (bicyclic) bond motifs is 1. The van der Waals surface area contributed by atoms with E-state index in [2.05, 4.69) is 9.97 Å². The lowest BCUT2D eigenvalue weighted by molar-refractivity contribution is -0.136. The second-order valence-electron chi connectivity index (χ2n) is 6.13. The average Bonchev–Trinajstić information content (AvgIpc) is 3.13. The first-order chi connectivity index (χ1) is 14.7. The highest BCUT2D eigenvalue weighted by molar-refractivity contribution is 5.89. The van der Waals surface area contributed by atoms with Crippen LogP contribution in [-0.2, 0) is 6.18 Å². The van der Waals surface area contributed by atoms with E-state index in [0.717, 1.165) is 22.6 Å². The lowest BCUT2D eigenvalue weighted by Gasteiger charge is -2.11. The molecular weight excluding hydrogens is 414 g/mol. The molecule has 0 bridgehead atoms. The van der Waals surface area contributed by atoms with Gasteiger partial charge in [0.25, 0.3) is 0 Å². The van der Waals surface area contributed by atoms with Crippen molar-refractivity contribution in [2.45, 2.75) is 6.18 Å². The number of carboxylic acid groups (broad SMARTS) is 1. The van der Waals surface area contributed by atoms with Gasteiger partial charge in [0.05, 0.1) is 5.56 Å². The Hall–Kier alpha value is -4.19. The van der Waals surface area contributed by atoms with Gasteiger partial charge in [0, 0.05) is 18.6 Å². The van der Waals surface area contributed by atoms with Crippen LogP contribution in [0.4, 0.5) is 17.6 Å². The van der Waals surface area contributed by atoms with Crippen molar-refractivity contribution in [3.63, 3.8) is 0 Å². The zero-order valence-corrected chi connectivity index (χ0v) is 15.6. The Morgan fingerprint density at radius 3 is 2.26 bits per heavy atom. The number of hydrogen-bond acceptors (Lipinski definition) is 3. The molecule has 1 aromatic carbocycles. The molecule has 5 nitrogen and oxygen atoms in total. The first kappa shape index (κ1) is 21.5. The first-order valence-corrected chi connectivity index (χ1v) is 8.66. The van der Waals surface area contributed by atoms with Crippen molar-refractivity contribution >= 4 is 11.6 Å². The molecule has 0 spiro atoms. The van der Waals surface area contributed by atoms with E-state index in [1.54, 1.807) is 12.4 Å². The number of pyridine rings is 2. The van der Waals surface area contributed by atoms with Crippen molar-refractivity contribution < 1.29 is 27.5 Å². The third-order valence-electron chi connectivity index (χ3n) is 4.09. The minimum absolute atomic E-state index is 0.0187. The Balaban J connectivity index is 0.000000391. The maximum Gasteiger partial charge on any atom is 0.420 e. The molecule has 1 N–H and O–H groups in total. The van der Waals surface area contributed by atoms with Crippen LogP contribution in [0.2, 0.25) is 0 Å². The SMILES string of the molecule is C#Cc1c(C(=O)O)nc2c(C(F)(F)F)cc(-c3cccc(F)c3)cn12.c1ccncc1. The summed E-state index contributed by atoms with van der Waals surface area (Å²) in [6.45, 7) is 0. The van der Waals surface area contributed by atoms with Gasteiger partial charge in [0.15, 0.2) is 11.3 Å². The number of nitrogens with zero attached hydrogens (tertiary/aromatic N) is 3. The number of alkyl halides is 3. The van der Waals surface area contributed by atoms with Crippen LogP contribution in [0, 0.1) is 18.2 Å². The van der Waals surface area contributed by atoms with E-state index in [4.69, 9.17) is 11.5 Å². The summed E-state index contributed by atoms with van der Waals surface area (Å²) in [5.41, 5.74) is -2.59. The normalized spacial score (nSPS) is 10.8. The molecular formula is C22H13F4N3O2. The Labute approximate surface area is 173 Å². The van der Waals surface area contributed by atoms with Crippen LogP contribution < -0.4 is 0 Å². The van der Waals surface area contributed by atoms with Gasteiger partial charge in [-0.3, -0.25) is 9.38 Å². The predicted octanol–water partition coefficient (Wildman–Crippen LogP) is 4.92. The lowest BCUT2D eigenvalue weighted by atomic mass is 10.1. The van der Waals surface area contributed by atoms with Crippen molar-refractivity contribution in [3.8, 4) is 23.5 Å². The zero-order valence-electron chi connectivity index (χ0n) is 15.6. The number of aromatic carboxylic acids is 1. The van der Waals surface area contributed by atoms with E-state index < -0.39 is 34.9 Å². The van der Waals surface area contributed by atoms with Gasteiger partial charge >= 0.3 is 12.1 Å². The van der Waals surface area contributed by atoms with Crippen molar-refractivity contribution in [1.82, 2.24) is 14.4 Å². The molecule has 0 saturated carbocycles. The number of rotatable bonds is 2. The van der Waals surface area contributed by atoms with Crippen molar-refractivity contribution in [3.05, 3.63) is 89.9 Å². The van der Waals surface area contributed by atoms with Gasteiger partial charge in [0.1, 0.15) is 11.5 Å². The second kappa shape index (κ2) is 8.67. The number of imidazole rings is 1. The molecule has 0 saturated heterocycles. The Kier molecular flexibility index (Phi) is 6.02. The van der Waals surface area contributed by atoms with E-state index in [0.29, 0.717) is 0 Å². The van der Waals surface area contributed by atoms with E-state index in [1.807, 2.05) is 24.1 Å². The summed E-state index contributed by atoms with van der Waals surface area (Å²) < 4.78 is 54.5. The Morgan fingerprint density at radius 1 is 1.06 bits per heavy atom. The number of aromatic nitrogens is 3. The molecule has 0 atom stereocenters. The molecule has 3 heterocycles. The fourth-order valence-corrected chi connectivity index (χ4v) is 2.78. The number of terminal acetylenes is 1. The van der Waals surface area contributed by atoms with Crippen LogP contribution in [0.3, 0.4) is 0 Å². The molecule has 4 rings (SSSR count). The molecule has 4 aromatic rings. The highest BCUT2D eigenvalue weighted by Crippen LogP contribution is 2.36. The fraction of sp³-hybridized carbons (Fsp3) is 0.0455. The second-order valence-corrected chi connectivity index (χ2v) is 6.13. The van der Waals surface area contributed by atoms with Crippen molar-refractivity contribution in [2.24, 2.45) is 0 Å². The zero-order chi connectivity index (χ0) is 22.6. The quantitative estimate of drug-likeness (QED) is 0.364. The van der Waals surface area contributed by atoms with Gasteiger partial charge in [-0.05, 0) is 47.4 Å². The molecule has 3 aromatic heterocycles. The molecule has 0 fully saturated rings. The van der Waals surface area contributed by atoms with Crippen LogP contribution in [0.25, 0.3) is 16.8 Å². The molecule has 31 heavy (non-hydrogen) atoms. The highest BCUT2D eigenvalue weighted by atomic mass is 19.4. The van der Waals surface area contributed by atoms with Crippen LogP contribution >= 0.6 is 0 Å². The first-order valence-electron chi connectivity index (χ1n) is 8.66. The molecule has 156 valence electrons.